The van der Waals surface area contributed by atoms with E-state index < -0.39 is 0 Å². The van der Waals surface area contributed by atoms with Gasteiger partial charge >= 0.3 is 0 Å². The first kappa shape index (κ1) is 15.0. The van der Waals surface area contributed by atoms with E-state index in [-0.39, 0.29) is 5.54 Å². The summed E-state index contributed by atoms with van der Waals surface area (Å²) in [4.78, 5) is 4.59. The quantitative estimate of drug-likeness (QED) is 0.624. The van der Waals surface area contributed by atoms with Crippen LogP contribution in [0.3, 0.4) is 0 Å². The van der Waals surface area contributed by atoms with Gasteiger partial charge in [0, 0.05) is 11.8 Å². The van der Waals surface area contributed by atoms with Gasteiger partial charge < -0.3 is 0 Å². The highest BCUT2D eigenvalue weighted by atomic mass is 35.5. The minimum absolute atomic E-state index is 0.160. The Bertz CT molecular complexity index is 839. The molecule has 3 aromatic rings. The first-order chi connectivity index (χ1) is 10.3. The molecule has 0 spiro atoms. The lowest BCUT2D eigenvalue weighted by Gasteiger charge is -2.19. The normalized spacial score (nSPS) is 12.1. The largest absolute Gasteiger partial charge is 0.241 e. The SMILES string of the molecule is Cc1ccc(-c2nn(C(C)(C)C)c3ncc(C)c(Cl)c23)cc1. The van der Waals surface area contributed by atoms with Crippen LogP contribution in [0.1, 0.15) is 31.9 Å². The fourth-order valence-corrected chi connectivity index (χ4v) is 2.75. The number of pyridine rings is 1. The monoisotopic (exact) mass is 313 g/mol. The average Bonchev–Trinajstić information content (AvgIpc) is 2.84. The third-order valence-electron chi connectivity index (χ3n) is 3.77. The van der Waals surface area contributed by atoms with Gasteiger partial charge in [0.15, 0.2) is 5.65 Å². The molecule has 0 radical (unpaired) electrons. The summed E-state index contributed by atoms with van der Waals surface area (Å²) >= 11 is 6.58. The predicted molar refractivity (Wildman–Crippen MR) is 92.4 cm³/mol. The summed E-state index contributed by atoms with van der Waals surface area (Å²) in [6.45, 7) is 10.4. The van der Waals surface area contributed by atoms with Crippen molar-refractivity contribution in [2.45, 2.75) is 40.2 Å². The Morgan fingerprint density at radius 2 is 1.68 bits per heavy atom. The lowest BCUT2D eigenvalue weighted by atomic mass is 10.1. The van der Waals surface area contributed by atoms with Crippen LogP contribution in [0, 0.1) is 13.8 Å². The predicted octanol–water partition coefficient (Wildman–Crippen LogP) is 5.12. The van der Waals surface area contributed by atoms with Crippen molar-refractivity contribution in [1.29, 1.82) is 0 Å². The molecule has 0 aliphatic rings. The summed E-state index contributed by atoms with van der Waals surface area (Å²) in [6, 6.07) is 8.36. The molecule has 3 rings (SSSR count). The zero-order valence-electron chi connectivity index (χ0n) is 13.6. The summed E-state index contributed by atoms with van der Waals surface area (Å²) < 4.78 is 1.96. The highest BCUT2D eigenvalue weighted by molar-refractivity contribution is 6.37. The minimum Gasteiger partial charge on any atom is -0.241 e. The second-order valence-corrected chi connectivity index (χ2v) is 7.13. The van der Waals surface area contributed by atoms with E-state index in [9.17, 15) is 0 Å². The Balaban J connectivity index is 2.39. The van der Waals surface area contributed by atoms with E-state index in [1.165, 1.54) is 5.56 Å². The molecule has 0 aliphatic carbocycles. The maximum atomic E-state index is 6.58. The van der Waals surface area contributed by atoms with E-state index in [4.69, 9.17) is 16.7 Å². The van der Waals surface area contributed by atoms with Gasteiger partial charge in [0.05, 0.1) is 15.9 Å². The van der Waals surface area contributed by atoms with E-state index in [2.05, 4.69) is 56.9 Å². The van der Waals surface area contributed by atoms with Gasteiger partial charge in [-0.15, -0.1) is 0 Å². The summed E-state index contributed by atoms with van der Waals surface area (Å²) in [5.74, 6) is 0. The molecule has 0 fully saturated rings. The Labute approximate surface area is 135 Å². The molecule has 4 heteroatoms. The molecule has 2 heterocycles. The highest BCUT2D eigenvalue weighted by Gasteiger charge is 2.24. The number of aromatic nitrogens is 3. The van der Waals surface area contributed by atoms with E-state index in [0.29, 0.717) is 0 Å². The molecule has 1 aromatic carbocycles. The van der Waals surface area contributed by atoms with Gasteiger partial charge in [-0.25, -0.2) is 9.67 Å². The van der Waals surface area contributed by atoms with Crippen molar-refractivity contribution in [3.05, 3.63) is 46.6 Å². The summed E-state index contributed by atoms with van der Waals surface area (Å²) in [5.41, 5.74) is 4.82. The Morgan fingerprint density at radius 1 is 1.05 bits per heavy atom. The molecule has 0 amide bonds. The molecule has 0 N–H and O–H groups in total. The second kappa shape index (κ2) is 5.10. The van der Waals surface area contributed by atoms with Crippen LogP contribution < -0.4 is 0 Å². The molecular weight excluding hydrogens is 294 g/mol. The fraction of sp³-hybridized carbons (Fsp3) is 0.333. The van der Waals surface area contributed by atoms with Crippen molar-refractivity contribution in [2.75, 3.05) is 0 Å². The maximum absolute atomic E-state index is 6.58. The number of hydrogen-bond acceptors (Lipinski definition) is 2. The second-order valence-electron chi connectivity index (χ2n) is 6.75. The lowest BCUT2D eigenvalue weighted by Crippen LogP contribution is -2.23. The molecule has 2 aromatic heterocycles. The summed E-state index contributed by atoms with van der Waals surface area (Å²) in [5, 5.41) is 6.50. The van der Waals surface area contributed by atoms with Crippen LogP contribution in [0.25, 0.3) is 22.3 Å². The zero-order valence-corrected chi connectivity index (χ0v) is 14.4. The van der Waals surface area contributed by atoms with Crippen molar-refractivity contribution in [1.82, 2.24) is 14.8 Å². The van der Waals surface area contributed by atoms with Gasteiger partial charge in [-0.2, -0.15) is 5.10 Å². The number of rotatable bonds is 1. The Morgan fingerprint density at radius 3 is 2.27 bits per heavy atom. The lowest BCUT2D eigenvalue weighted by molar-refractivity contribution is 0.367. The van der Waals surface area contributed by atoms with Crippen molar-refractivity contribution < 1.29 is 0 Å². The first-order valence-corrected chi connectivity index (χ1v) is 7.78. The molecule has 0 atom stereocenters. The third kappa shape index (κ3) is 2.40. The van der Waals surface area contributed by atoms with Crippen molar-refractivity contribution in [3.63, 3.8) is 0 Å². The van der Waals surface area contributed by atoms with Crippen molar-refractivity contribution >= 4 is 22.6 Å². The van der Waals surface area contributed by atoms with E-state index in [0.717, 1.165) is 32.9 Å². The van der Waals surface area contributed by atoms with E-state index in [1.54, 1.807) is 0 Å². The van der Waals surface area contributed by atoms with Gasteiger partial charge in [-0.1, -0.05) is 41.4 Å². The van der Waals surface area contributed by atoms with Gasteiger partial charge in [0.2, 0.25) is 0 Å². The topological polar surface area (TPSA) is 30.7 Å². The molecule has 0 saturated carbocycles. The highest BCUT2D eigenvalue weighted by Crippen LogP contribution is 2.36. The molecular formula is C18H20ClN3. The van der Waals surface area contributed by atoms with E-state index >= 15 is 0 Å². The number of hydrogen-bond donors (Lipinski definition) is 0. The smallest absolute Gasteiger partial charge is 0.160 e. The van der Waals surface area contributed by atoms with Crippen molar-refractivity contribution in [3.8, 4) is 11.3 Å². The van der Waals surface area contributed by atoms with Gasteiger partial charge in [-0.05, 0) is 40.2 Å². The number of benzene rings is 1. The van der Waals surface area contributed by atoms with Crippen LogP contribution >= 0.6 is 11.6 Å². The van der Waals surface area contributed by atoms with Gasteiger partial charge in [-0.3, -0.25) is 0 Å². The fourth-order valence-electron chi connectivity index (χ4n) is 2.52. The molecule has 114 valence electrons. The van der Waals surface area contributed by atoms with Gasteiger partial charge in [0.1, 0.15) is 5.69 Å². The van der Waals surface area contributed by atoms with Gasteiger partial charge in [0.25, 0.3) is 0 Å². The number of nitrogens with zero attached hydrogens (tertiary/aromatic N) is 3. The van der Waals surface area contributed by atoms with Crippen LogP contribution in [0.15, 0.2) is 30.5 Å². The maximum Gasteiger partial charge on any atom is 0.160 e. The minimum atomic E-state index is -0.160. The number of fused-ring (bicyclic) bond motifs is 1. The van der Waals surface area contributed by atoms with Crippen LogP contribution in [0.5, 0.6) is 0 Å². The first-order valence-electron chi connectivity index (χ1n) is 7.40. The molecule has 0 aliphatic heterocycles. The standard InChI is InChI=1S/C18H20ClN3/c1-11-6-8-13(9-7-11)16-14-15(19)12(2)10-20-17(14)22(21-16)18(3,4)5/h6-10H,1-5H3. The average molecular weight is 314 g/mol. The molecule has 0 bridgehead atoms. The Kier molecular flexibility index (Phi) is 3.48. The number of aryl methyl sites for hydroxylation is 2. The summed E-state index contributed by atoms with van der Waals surface area (Å²) in [6.07, 6.45) is 1.81. The molecule has 22 heavy (non-hydrogen) atoms. The molecule has 3 nitrogen and oxygen atoms in total. The Hall–Kier alpha value is -1.87. The van der Waals surface area contributed by atoms with Crippen LogP contribution in [0.2, 0.25) is 5.02 Å². The molecule has 0 saturated heterocycles. The van der Waals surface area contributed by atoms with E-state index in [1.807, 2.05) is 17.8 Å². The molecule has 0 unspecified atom stereocenters. The third-order valence-corrected chi connectivity index (χ3v) is 4.25. The van der Waals surface area contributed by atoms with Crippen LogP contribution in [-0.2, 0) is 5.54 Å². The summed E-state index contributed by atoms with van der Waals surface area (Å²) in [7, 11) is 0. The van der Waals surface area contributed by atoms with Crippen LogP contribution in [-0.4, -0.2) is 14.8 Å². The zero-order chi connectivity index (χ0) is 16.1. The number of halogens is 1. The van der Waals surface area contributed by atoms with Crippen LogP contribution in [0.4, 0.5) is 0 Å². The van der Waals surface area contributed by atoms with Crippen molar-refractivity contribution in [2.24, 2.45) is 0 Å².